The monoisotopic (exact) mass is 312 g/mol. The first-order valence-electron chi connectivity index (χ1n) is 7.70. The summed E-state index contributed by atoms with van der Waals surface area (Å²) in [5, 5.41) is 6.22. The number of fused-ring (bicyclic) bond motifs is 1. The van der Waals surface area contributed by atoms with Crippen molar-refractivity contribution >= 4 is 11.6 Å². The van der Waals surface area contributed by atoms with Crippen LogP contribution in [0.5, 0.6) is 11.5 Å². The third-order valence-electron chi connectivity index (χ3n) is 3.73. The maximum atomic E-state index is 12.0. The Morgan fingerprint density at radius 1 is 1.13 bits per heavy atom. The number of hydrogen-bond acceptors (Lipinski definition) is 4. The summed E-state index contributed by atoms with van der Waals surface area (Å²) in [7, 11) is 0. The Labute approximate surface area is 135 Å². The molecule has 3 rings (SSSR count). The summed E-state index contributed by atoms with van der Waals surface area (Å²) in [6.45, 7) is 2.81. The number of amides is 1. The number of rotatable bonds is 6. The van der Waals surface area contributed by atoms with Crippen LogP contribution in [0.25, 0.3) is 0 Å². The molecule has 0 bridgehead atoms. The maximum Gasteiger partial charge on any atom is 0.231 e. The second-order valence-corrected chi connectivity index (χ2v) is 5.44. The first kappa shape index (κ1) is 15.2. The van der Waals surface area contributed by atoms with Crippen molar-refractivity contribution in [2.24, 2.45) is 0 Å². The number of hydrogen-bond donors (Lipinski definition) is 2. The number of nitrogens with one attached hydrogen (secondary N) is 2. The van der Waals surface area contributed by atoms with Crippen molar-refractivity contribution in [2.45, 2.75) is 19.4 Å². The highest BCUT2D eigenvalue weighted by Gasteiger charge is 2.13. The Balaban J connectivity index is 1.44. The third-order valence-corrected chi connectivity index (χ3v) is 3.73. The minimum absolute atomic E-state index is 0.00856. The summed E-state index contributed by atoms with van der Waals surface area (Å²) in [4.78, 5) is 12.0. The van der Waals surface area contributed by atoms with Gasteiger partial charge in [-0.1, -0.05) is 30.3 Å². The van der Waals surface area contributed by atoms with E-state index >= 15 is 0 Å². The van der Waals surface area contributed by atoms with Gasteiger partial charge in [-0.15, -0.1) is 0 Å². The Morgan fingerprint density at radius 3 is 2.74 bits per heavy atom. The lowest BCUT2D eigenvalue weighted by Gasteiger charge is -2.14. The molecular weight excluding hydrogens is 292 g/mol. The molecule has 0 saturated carbocycles. The van der Waals surface area contributed by atoms with Gasteiger partial charge in [-0.25, -0.2) is 0 Å². The third kappa shape index (κ3) is 3.94. The quantitative estimate of drug-likeness (QED) is 0.860. The van der Waals surface area contributed by atoms with E-state index in [1.54, 1.807) is 0 Å². The van der Waals surface area contributed by atoms with E-state index in [1.165, 1.54) is 0 Å². The van der Waals surface area contributed by atoms with Gasteiger partial charge in [0.15, 0.2) is 11.5 Å². The zero-order valence-corrected chi connectivity index (χ0v) is 13.0. The van der Waals surface area contributed by atoms with Crippen LogP contribution in [0.4, 0.5) is 5.69 Å². The molecule has 5 heteroatoms. The van der Waals surface area contributed by atoms with Gasteiger partial charge in [0.25, 0.3) is 0 Å². The van der Waals surface area contributed by atoms with Crippen LogP contribution in [0.1, 0.15) is 24.9 Å². The lowest BCUT2D eigenvalue weighted by molar-refractivity contribution is -0.121. The molecular formula is C18H20N2O3. The molecule has 2 aromatic carbocycles. The second-order valence-electron chi connectivity index (χ2n) is 5.44. The first-order chi connectivity index (χ1) is 11.2. The van der Waals surface area contributed by atoms with Crippen LogP contribution in [0.3, 0.4) is 0 Å². The lowest BCUT2D eigenvalue weighted by Crippen LogP contribution is -2.28. The highest BCUT2D eigenvalue weighted by Crippen LogP contribution is 2.34. The molecule has 0 saturated heterocycles. The Hall–Kier alpha value is -2.69. The molecule has 1 atom stereocenters. The van der Waals surface area contributed by atoms with Crippen LogP contribution in [-0.2, 0) is 4.79 Å². The zero-order chi connectivity index (χ0) is 16.1. The standard InChI is InChI=1S/C18H20N2O3/c1-13(14-5-3-2-4-6-14)20-18(21)9-10-19-15-7-8-16-17(11-15)23-12-22-16/h2-8,11,13,19H,9-10,12H2,1H3,(H,20,21). The molecule has 0 spiro atoms. The van der Waals surface area contributed by atoms with Crippen molar-refractivity contribution in [3.63, 3.8) is 0 Å². The number of benzene rings is 2. The summed E-state index contributed by atoms with van der Waals surface area (Å²) in [6.07, 6.45) is 0.408. The minimum Gasteiger partial charge on any atom is -0.454 e. The molecule has 0 fully saturated rings. The van der Waals surface area contributed by atoms with Gasteiger partial charge >= 0.3 is 0 Å². The summed E-state index contributed by atoms with van der Waals surface area (Å²) in [6, 6.07) is 15.6. The molecule has 1 unspecified atom stereocenters. The molecule has 1 heterocycles. The van der Waals surface area contributed by atoms with Gasteiger partial charge in [0.1, 0.15) is 0 Å². The van der Waals surface area contributed by atoms with E-state index in [-0.39, 0.29) is 18.7 Å². The van der Waals surface area contributed by atoms with Gasteiger partial charge in [-0.3, -0.25) is 4.79 Å². The summed E-state index contributed by atoms with van der Waals surface area (Å²) in [5.74, 6) is 1.51. The average Bonchev–Trinajstić information content (AvgIpc) is 3.03. The zero-order valence-electron chi connectivity index (χ0n) is 13.0. The van der Waals surface area contributed by atoms with Gasteiger partial charge < -0.3 is 20.1 Å². The van der Waals surface area contributed by atoms with Gasteiger partial charge in [-0.05, 0) is 24.6 Å². The van der Waals surface area contributed by atoms with Crippen LogP contribution >= 0.6 is 0 Å². The highest BCUT2D eigenvalue weighted by molar-refractivity contribution is 5.77. The predicted octanol–water partition coefficient (Wildman–Crippen LogP) is 3.09. The molecule has 2 aromatic rings. The Bertz CT molecular complexity index is 673. The normalized spacial score (nSPS) is 13.4. The van der Waals surface area contributed by atoms with Crippen molar-refractivity contribution in [2.75, 3.05) is 18.7 Å². The van der Waals surface area contributed by atoms with Crippen LogP contribution in [0.2, 0.25) is 0 Å². The van der Waals surface area contributed by atoms with E-state index in [4.69, 9.17) is 9.47 Å². The summed E-state index contributed by atoms with van der Waals surface area (Å²) < 4.78 is 10.6. The highest BCUT2D eigenvalue weighted by atomic mass is 16.7. The molecule has 0 aliphatic carbocycles. The molecule has 120 valence electrons. The average molecular weight is 312 g/mol. The molecule has 0 radical (unpaired) electrons. The number of anilines is 1. The fourth-order valence-electron chi connectivity index (χ4n) is 2.47. The molecule has 23 heavy (non-hydrogen) atoms. The van der Waals surface area contributed by atoms with Gasteiger partial charge in [0.05, 0.1) is 6.04 Å². The van der Waals surface area contributed by atoms with Crippen LogP contribution in [0, 0.1) is 0 Å². The largest absolute Gasteiger partial charge is 0.454 e. The van der Waals surface area contributed by atoms with E-state index < -0.39 is 0 Å². The number of carbonyl (C=O) groups excluding carboxylic acids is 1. The Morgan fingerprint density at radius 2 is 1.91 bits per heavy atom. The number of carbonyl (C=O) groups is 1. The fraction of sp³-hybridized carbons (Fsp3) is 0.278. The van der Waals surface area contributed by atoms with E-state index in [9.17, 15) is 4.79 Å². The van der Waals surface area contributed by atoms with E-state index in [1.807, 2.05) is 55.5 Å². The predicted molar refractivity (Wildman–Crippen MR) is 88.7 cm³/mol. The SMILES string of the molecule is CC(NC(=O)CCNc1ccc2c(c1)OCO2)c1ccccc1. The van der Waals surface area contributed by atoms with Crippen molar-refractivity contribution in [3.05, 3.63) is 54.1 Å². The minimum atomic E-state index is 0.00856. The molecule has 0 aromatic heterocycles. The van der Waals surface area contributed by atoms with Crippen LogP contribution < -0.4 is 20.1 Å². The Kier molecular flexibility index (Phi) is 4.66. The van der Waals surface area contributed by atoms with E-state index in [2.05, 4.69) is 10.6 Å². The molecule has 2 N–H and O–H groups in total. The smallest absolute Gasteiger partial charge is 0.231 e. The van der Waals surface area contributed by atoms with Gasteiger partial charge in [0.2, 0.25) is 12.7 Å². The second kappa shape index (κ2) is 7.05. The van der Waals surface area contributed by atoms with Crippen molar-refractivity contribution in [1.29, 1.82) is 0 Å². The van der Waals surface area contributed by atoms with Crippen LogP contribution in [-0.4, -0.2) is 19.2 Å². The molecule has 1 aliphatic rings. The molecule has 1 amide bonds. The van der Waals surface area contributed by atoms with Crippen molar-refractivity contribution < 1.29 is 14.3 Å². The van der Waals surface area contributed by atoms with Crippen molar-refractivity contribution in [1.82, 2.24) is 5.32 Å². The van der Waals surface area contributed by atoms with Gasteiger partial charge in [-0.2, -0.15) is 0 Å². The summed E-state index contributed by atoms with van der Waals surface area (Å²) >= 11 is 0. The van der Waals surface area contributed by atoms with Crippen LogP contribution in [0.15, 0.2) is 48.5 Å². The summed E-state index contributed by atoms with van der Waals surface area (Å²) in [5.41, 5.74) is 2.02. The maximum absolute atomic E-state index is 12.0. The first-order valence-corrected chi connectivity index (χ1v) is 7.70. The number of ether oxygens (including phenoxy) is 2. The van der Waals surface area contributed by atoms with E-state index in [0.717, 1.165) is 22.7 Å². The van der Waals surface area contributed by atoms with Crippen molar-refractivity contribution in [3.8, 4) is 11.5 Å². The molecule has 5 nitrogen and oxygen atoms in total. The fourth-order valence-corrected chi connectivity index (χ4v) is 2.47. The lowest BCUT2D eigenvalue weighted by atomic mass is 10.1. The topological polar surface area (TPSA) is 59.6 Å². The van der Waals surface area contributed by atoms with Gasteiger partial charge in [0, 0.05) is 24.7 Å². The van der Waals surface area contributed by atoms with E-state index in [0.29, 0.717) is 13.0 Å². The molecule has 1 aliphatic heterocycles.